The van der Waals surface area contributed by atoms with Crippen molar-refractivity contribution in [1.29, 1.82) is 0 Å². The number of aliphatic hydroxyl groups is 1. The van der Waals surface area contributed by atoms with Gasteiger partial charge in [0, 0.05) is 18.9 Å². The molecule has 1 aromatic carbocycles. The van der Waals surface area contributed by atoms with E-state index in [9.17, 15) is 9.90 Å². The van der Waals surface area contributed by atoms with E-state index in [4.69, 9.17) is 0 Å². The number of aromatic nitrogens is 1. The van der Waals surface area contributed by atoms with Crippen molar-refractivity contribution in [2.75, 3.05) is 6.54 Å². The first kappa shape index (κ1) is 13.2. The van der Waals surface area contributed by atoms with E-state index in [2.05, 4.69) is 10.3 Å². The standard InChI is InChI=1S/C15H16N2O2/c18-14(13-6-2-1-3-7-13)11-17-15(19)9-12-5-4-8-16-10-12/h1-8,10,14,18H,9,11H2,(H,17,19). The summed E-state index contributed by atoms with van der Waals surface area (Å²) < 4.78 is 0. The van der Waals surface area contributed by atoms with Gasteiger partial charge < -0.3 is 10.4 Å². The summed E-state index contributed by atoms with van der Waals surface area (Å²) >= 11 is 0. The van der Waals surface area contributed by atoms with Crippen molar-refractivity contribution in [2.45, 2.75) is 12.5 Å². The molecule has 0 fully saturated rings. The molecule has 1 aromatic heterocycles. The fourth-order valence-electron chi connectivity index (χ4n) is 1.75. The van der Waals surface area contributed by atoms with Crippen LogP contribution in [0.1, 0.15) is 17.2 Å². The van der Waals surface area contributed by atoms with Crippen LogP contribution in [0.3, 0.4) is 0 Å². The number of hydrogen-bond acceptors (Lipinski definition) is 3. The summed E-state index contributed by atoms with van der Waals surface area (Å²) in [5, 5.41) is 12.6. The van der Waals surface area contributed by atoms with Crippen LogP contribution in [-0.2, 0) is 11.2 Å². The van der Waals surface area contributed by atoms with Crippen molar-refractivity contribution in [3.63, 3.8) is 0 Å². The molecule has 0 bridgehead atoms. The Balaban J connectivity index is 1.81. The number of rotatable bonds is 5. The molecule has 0 aliphatic heterocycles. The topological polar surface area (TPSA) is 62.2 Å². The lowest BCUT2D eigenvalue weighted by atomic mass is 10.1. The summed E-state index contributed by atoms with van der Waals surface area (Å²) in [5.41, 5.74) is 1.65. The highest BCUT2D eigenvalue weighted by Gasteiger charge is 2.09. The SMILES string of the molecule is O=C(Cc1cccnc1)NCC(O)c1ccccc1. The third kappa shape index (κ3) is 4.19. The van der Waals surface area contributed by atoms with Gasteiger partial charge in [-0.05, 0) is 17.2 Å². The van der Waals surface area contributed by atoms with E-state index >= 15 is 0 Å². The van der Waals surface area contributed by atoms with Gasteiger partial charge in [-0.2, -0.15) is 0 Å². The molecule has 0 aliphatic rings. The molecule has 1 unspecified atom stereocenters. The van der Waals surface area contributed by atoms with Gasteiger partial charge in [0.1, 0.15) is 0 Å². The van der Waals surface area contributed by atoms with Crippen LogP contribution in [0, 0.1) is 0 Å². The summed E-state index contributed by atoms with van der Waals surface area (Å²) in [6, 6.07) is 12.9. The van der Waals surface area contributed by atoms with E-state index in [1.54, 1.807) is 18.5 Å². The van der Waals surface area contributed by atoms with Gasteiger partial charge in [0.25, 0.3) is 0 Å². The number of hydrogen-bond donors (Lipinski definition) is 2. The normalized spacial score (nSPS) is 11.8. The van der Waals surface area contributed by atoms with Crippen LogP contribution >= 0.6 is 0 Å². The number of aliphatic hydroxyl groups excluding tert-OH is 1. The highest BCUT2D eigenvalue weighted by Crippen LogP contribution is 2.10. The lowest BCUT2D eigenvalue weighted by Crippen LogP contribution is -2.29. The maximum atomic E-state index is 11.7. The molecule has 4 heteroatoms. The molecule has 19 heavy (non-hydrogen) atoms. The molecular weight excluding hydrogens is 240 g/mol. The first-order valence-electron chi connectivity index (χ1n) is 6.14. The fraction of sp³-hybridized carbons (Fsp3) is 0.200. The smallest absolute Gasteiger partial charge is 0.224 e. The van der Waals surface area contributed by atoms with E-state index in [-0.39, 0.29) is 18.9 Å². The highest BCUT2D eigenvalue weighted by atomic mass is 16.3. The van der Waals surface area contributed by atoms with Gasteiger partial charge in [-0.1, -0.05) is 36.4 Å². The first-order valence-corrected chi connectivity index (χ1v) is 6.14. The Morgan fingerprint density at radius 2 is 2.00 bits per heavy atom. The Kier molecular flexibility index (Phi) is 4.64. The third-order valence-corrected chi connectivity index (χ3v) is 2.76. The van der Waals surface area contributed by atoms with Crippen molar-refractivity contribution < 1.29 is 9.90 Å². The monoisotopic (exact) mass is 256 g/mol. The molecule has 1 heterocycles. The second-order valence-electron chi connectivity index (χ2n) is 4.27. The Morgan fingerprint density at radius 3 is 2.68 bits per heavy atom. The first-order chi connectivity index (χ1) is 9.25. The summed E-state index contributed by atoms with van der Waals surface area (Å²) in [6.07, 6.45) is 2.92. The molecule has 0 radical (unpaired) electrons. The minimum Gasteiger partial charge on any atom is -0.387 e. The quantitative estimate of drug-likeness (QED) is 0.851. The summed E-state index contributed by atoms with van der Waals surface area (Å²) in [5.74, 6) is -0.122. The third-order valence-electron chi connectivity index (χ3n) is 2.76. The van der Waals surface area contributed by atoms with Crippen LogP contribution in [0.15, 0.2) is 54.9 Å². The van der Waals surface area contributed by atoms with Gasteiger partial charge in [0.15, 0.2) is 0 Å². The van der Waals surface area contributed by atoms with Gasteiger partial charge in [0.2, 0.25) is 5.91 Å². The summed E-state index contributed by atoms with van der Waals surface area (Å²) in [6.45, 7) is 0.211. The molecule has 0 saturated carbocycles. The lowest BCUT2D eigenvalue weighted by molar-refractivity contribution is -0.120. The van der Waals surface area contributed by atoms with E-state index in [0.717, 1.165) is 11.1 Å². The zero-order chi connectivity index (χ0) is 13.5. The number of carbonyl (C=O) groups is 1. The van der Waals surface area contributed by atoms with Crippen molar-refractivity contribution in [3.8, 4) is 0 Å². The number of nitrogens with one attached hydrogen (secondary N) is 1. The molecule has 0 saturated heterocycles. The number of amides is 1. The average Bonchev–Trinajstić information content (AvgIpc) is 2.47. The average molecular weight is 256 g/mol. The van der Waals surface area contributed by atoms with Gasteiger partial charge in [-0.15, -0.1) is 0 Å². The minimum atomic E-state index is -0.681. The van der Waals surface area contributed by atoms with Crippen molar-refractivity contribution in [3.05, 3.63) is 66.0 Å². The molecular formula is C15H16N2O2. The van der Waals surface area contributed by atoms with E-state index in [1.165, 1.54) is 0 Å². The second-order valence-corrected chi connectivity index (χ2v) is 4.27. The highest BCUT2D eigenvalue weighted by molar-refractivity contribution is 5.78. The molecule has 0 spiro atoms. The summed E-state index contributed by atoms with van der Waals surface area (Å²) in [4.78, 5) is 15.6. The zero-order valence-corrected chi connectivity index (χ0v) is 10.5. The Bertz CT molecular complexity index is 514. The van der Waals surface area contributed by atoms with Crippen LogP contribution in [0.4, 0.5) is 0 Å². The van der Waals surface area contributed by atoms with Crippen LogP contribution < -0.4 is 5.32 Å². The van der Waals surface area contributed by atoms with Crippen LogP contribution in [-0.4, -0.2) is 22.5 Å². The fourth-order valence-corrected chi connectivity index (χ4v) is 1.75. The van der Waals surface area contributed by atoms with Crippen LogP contribution in [0.5, 0.6) is 0 Å². The Hall–Kier alpha value is -2.20. The van der Waals surface area contributed by atoms with Gasteiger partial charge in [-0.3, -0.25) is 9.78 Å². The molecule has 98 valence electrons. The van der Waals surface area contributed by atoms with Crippen molar-refractivity contribution >= 4 is 5.91 Å². The van der Waals surface area contributed by atoms with Crippen molar-refractivity contribution in [1.82, 2.24) is 10.3 Å². The number of nitrogens with zero attached hydrogens (tertiary/aromatic N) is 1. The molecule has 1 atom stereocenters. The molecule has 2 rings (SSSR count). The Morgan fingerprint density at radius 1 is 1.21 bits per heavy atom. The van der Waals surface area contributed by atoms with E-state index in [1.807, 2.05) is 36.4 Å². The van der Waals surface area contributed by atoms with E-state index < -0.39 is 6.10 Å². The maximum Gasteiger partial charge on any atom is 0.224 e. The zero-order valence-electron chi connectivity index (χ0n) is 10.5. The van der Waals surface area contributed by atoms with Crippen LogP contribution in [0.2, 0.25) is 0 Å². The lowest BCUT2D eigenvalue weighted by Gasteiger charge is -2.12. The minimum absolute atomic E-state index is 0.122. The van der Waals surface area contributed by atoms with Gasteiger partial charge >= 0.3 is 0 Å². The molecule has 2 N–H and O–H groups in total. The molecule has 2 aromatic rings. The number of benzene rings is 1. The largest absolute Gasteiger partial charge is 0.387 e. The second kappa shape index (κ2) is 6.66. The van der Waals surface area contributed by atoms with Crippen LogP contribution in [0.25, 0.3) is 0 Å². The Labute approximate surface area is 112 Å². The van der Waals surface area contributed by atoms with Crippen molar-refractivity contribution in [2.24, 2.45) is 0 Å². The van der Waals surface area contributed by atoms with E-state index in [0.29, 0.717) is 0 Å². The molecule has 0 aliphatic carbocycles. The number of pyridine rings is 1. The van der Waals surface area contributed by atoms with Gasteiger partial charge in [0.05, 0.1) is 12.5 Å². The predicted molar refractivity (Wildman–Crippen MR) is 72.4 cm³/mol. The molecule has 4 nitrogen and oxygen atoms in total. The predicted octanol–water partition coefficient (Wildman–Crippen LogP) is 1.47. The molecule has 1 amide bonds. The summed E-state index contributed by atoms with van der Waals surface area (Å²) in [7, 11) is 0. The van der Waals surface area contributed by atoms with Gasteiger partial charge in [-0.25, -0.2) is 0 Å². The maximum absolute atomic E-state index is 11.7. The number of carbonyl (C=O) groups excluding carboxylic acids is 1.